The SMILES string of the molecule is CCOc1ccc2c(c1)C(C)=CC(C)(C)N2C(=O)[C@@H](C)N1C(=O)c2ccccc2C1=O. The van der Waals surface area contributed by atoms with E-state index in [0.29, 0.717) is 17.7 Å². The number of allylic oxidation sites excluding steroid dienone is 1. The van der Waals surface area contributed by atoms with Crippen molar-refractivity contribution < 1.29 is 19.1 Å². The zero-order chi connectivity index (χ0) is 22.5. The largest absolute Gasteiger partial charge is 0.494 e. The van der Waals surface area contributed by atoms with Crippen LogP contribution in [-0.4, -0.2) is 40.8 Å². The highest BCUT2D eigenvalue weighted by molar-refractivity contribution is 6.23. The smallest absolute Gasteiger partial charge is 0.262 e. The Labute approximate surface area is 182 Å². The van der Waals surface area contributed by atoms with E-state index in [4.69, 9.17) is 4.74 Å². The van der Waals surface area contributed by atoms with Gasteiger partial charge in [0, 0.05) is 5.56 Å². The average molecular weight is 418 g/mol. The molecule has 0 saturated carbocycles. The van der Waals surface area contributed by atoms with Crippen LogP contribution in [0.15, 0.2) is 48.5 Å². The van der Waals surface area contributed by atoms with Gasteiger partial charge in [-0.05, 0) is 70.5 Å². The summed E-state index contributed by atoms with van der Waals surface area (Å²) in [6.45, 7) is 9.98. The van der Waals surface area contributed by atoms with Crippen molar-refractivity contribution in [3.05, 3.63) is 65.2 Å². The van der Waals surface area contributed by atoms with E-state index in [0.717, 1.165) is 27.5 Å². The van der Waals surface area contributed by atoms with Crippen LogP contribution in [0.5, 0.6) is 5.75 Å². The fourth-order valence-corrected chi connectivity index (χ4v) is 4.52. The van der Waals surface area contributed by atoms with E-state index in [-0.39, 0.29) is 5.91 Å². The van der Waals surface area contributed by atoms with Gasteiger partial charge in [-0.1, -0.05) is 18.2 Å². The molecule has 6 heteroatoms. The number of carbonyl (C=O) groups excluding carboxylic acids is 3. The molecular weight excluding hydrogens is 392 g/mol. The van der Waals surface area contributed by atoms with E-state index in [2.05, 4.69) is 0 Å². The van der Waals surface area contributed by atoms with Gasteiger partial charge < -0.3 is 9.64 Å². The van der Waals surface area contributed by atoms with Gasteiger partial charge in [0.2, 0.25) is 0 Å². The Kier molecular flexibility index (Phi) is 4.96. The van der Waals surface area contributed by atoms with Gasteiger partial charge in [-0.3, -0.25) is 19.3 Å². The molecule has 31 heavy (non-hydrogen) atoms. The number of benzene rings is 2. The van der Waals surface area contributed by atoms with Crippen molar-refractivity contribution in [1.29, 1.82) is 0 Å². The van der Waals surface area contributed by atoms with Gasteiger partial charge in [0.1, 0.15) is 11.8 Å². The summed E-state index contributed by atoms with van der Waals surface area (Å²) >= 11 is 0. The molecule has 3 amide bonds. The molecule has 2 aromatic carbocycles. The van der Waals surface area contributed by atoms with E-state index in [1.165, 1.54) is 0 Å². The number of rotatable bonds is 4. The monoisotopic (exact) mass is 418 g/mol. The van der Waals surface area contributed by atoms with Gasteiger partial charge in [-0.2, -0.15) is 0 Å². The molecule has 0 saturated heterocycles. The lowest BCUT2D eigenvalue weighted by atomic mass is 9.88. The standard InChI is InChI=1S/C25H26N2O4/c1-6-31-17-11-12-21-20(13-17)15(2)14-25(4,5)27(21)22(28)16(3)26-23(29)18-9-7-8-10-19(18)24(26)30/h7-14,16H,6H2,1-5H3/t16-/m1/s1. The quantitative estimate of drug-likeness (QED) is 0.695. The predicted octanol–water partition coefficient (Wildman–Crippen LogP) is 4.30. The molecular formula is C25H26N2O4. The Balaban J connectivity index is 1.73. The number of fused-ring (bicyclic) bond motifs is 2. The Hall–Kier alpha value is -3.41. The van der Waals surface area contributed by atoms with E-state index in [9.17, 15) is 14.4 Å². The van der Waals surface area contributed by atoms with Crippen LogP contribution >= 0.6 is 0 Å². The van der Waals surface area contributed by atoms with Gasteiger partial charge in [-0.15, -0.1) is 0 Å². The first kappa shape index (κ1) is 20.8. The highest BCUT2D eigenvalue weighted by atomic mass is 16.5. The molecule has 0 fully saturated rings. The third-order valence-corrected chi connectivity index (χ3v) is 5.88. The van der Waals surface area contributed by atoms with Crippen LogP contribution in [0.3, 0.4) is 0 Å². The number of anilines is 1. The maximum atomic E-state index is 13.7. The second kappa shape index (κ2) is 7.38. The van der Waals surface area contributed by atoms with Crippen molar-refractivity contribution >= 4 is 29.0 Å². The maximum Gasteiger partial charge on any atom is 0.262 e. The van der Waals surface area contributed by atoms with Gasteiger partial charge >= 0.3 is 0 Å². The third kappa shape index (κ3) is 3.23. The van der Waals surface area contributed by atoms with Gasteiger partial charge in [0.05, 0.1) is 29.0 Å². The number of amides is 3. The van der Waals surface area contributed by atoms with Crippen LogP contribution < -0.4 is 9.64 Å². The normalized spacial score (nSPS) is 17.8. The summed E-state index contributed by atoms with van der Waals surface area (Å²) in [5, 5.41) is 0. The number of carbonyl (C=O) groups is 3. The number of hydrogen-bond donors (Lipinski definition) is 0. The molecule has 1 atom stereocenters. The highest BCUT2D eigenvalue weighted by Crippen LogP contribution is 2.41. The lowest BCUT2D eigenvalue weighted by Crippen LogP contribution is -2.56. The Morgan fingerprint density at radius 1 is 1.03 bits per heavy atom. The van der Waals surface area contributed by atoms with Crippen LogP contribution in [0.2, 0.25) is 0 Å². The Morgan fingerprint density at radius 2 is 1.65 bits per heavy atom. The Bertz CT molecular complexity index is 1100. The summed E-state index contributed by atoms with van der Waals surface area (Å²) in [7, 11) is 0. The van der Waals surface area contributed by atoms with E-state index >= 15 is 0 Å². The van der Waals surface area contributed by atoms with Crippen molar-refractivity contribution in [3.63, 3.8) is 0 Å². The predicted molar refractivity (Wildman–Crippen MR) is 119 cm³/mol. The van der Waals surface area contributed by atoms with Gasteiger partial charge in [0.15, 0.2) is 0 Å². The molecule has 0 bridgehead atoms. The second-order valence-corrected chi connectivity index (χ2v) is 8.47. The molecule has 2 aromatic rings. The minimum Gasteiger partial charge on any atom is -0.494 e. The second-order valence-electron chi connectivity index (χ2n) is 8.47. The van der Waals surface area contributed by atoms with Crippen LogP contribution in [0.1, 0.15) is 60.9 Å². The molecule has 0 unspecified atom stereocenters. The molecule has 0 spiro atoms. The number of hydrogen-bond acceptors (Lipinski definition) is 4. The number of nitrogens with zero attached hydrogens (tertiary/aromatic N) is 2. The van der Waals surface area contributed by atoms with Crippen LogP contribution in [0.4, 0.5) is 5.69 Å². The lowest BCUT2D eigenvalue weighted by Gasteiger charge is -2.43. The van der Waals surface area contributed by atoms with Gasteiger partial charge in [0.25, 0.3) is 17.7 Å². The van der Waals surface area contributed by atoms with Crippen molar-refractivity contribution in [2.24, 2.45) is 0 Å². The molecule has 2 aliphatic rings. The summed E-state index contributed by atoms with van der Waals surface area (Å²) < 4.78 is 5.63. The first-order chi connectivity index (χ1) is 14.7. The fourth-order valence-electron chi connectivity index (χ4n) is 4.52. The van der Waals surface area contributed by atoms with Crippen LogP contribution in [-0.2, 0) is 4.79 Å². The van der Waals surface area contributed by atoms with Gasteiger partial charge in [-0.25, -0.2) is 0 Å². The summed E-state index contributed by atoms with van der Waals surface area (Å²) in [5.74, 6) is -0.451. The highest BCUT2D eigenvalue weighted by Gasteiger charge is 2.45. The first-order valence-corrected chi connectivity index (χ1v) is 10.4. The molecule has 0 aliphatic carbocycles. The number of ether oxygens (including phenoxy) is 1. The van der Waals surface area contributed by atoms with Crippen LogP contribution in [0.25, 0.3) is 5.57 Å². The van der Waals surface area contributed by atoms with Crippen molar-refractivity contribution in [2.45, 2.75) is 46.2 Å². The molecule has 160 valence electrons. The average Bonchev–Trinajstić information content (AvgIpc) is 2.98. The molecule has 2 heterocycles. The molecule has 6 nitrogen and oxygen atoms in total. The van der Waals surface area contributed by atoms with Crippen molar-refractivity contribution in [2.75, 3.05) is 11.5 Å². The molecule has 0 radical (unpaired) electrons. The zero-order valence-electron chi connectivity index (χ0n) is 18.4. The minimum atomic E-state index is -0.946. The number of imide groups is 1. The lowest BCUT2D eigenvalue weighted by molar-refractivity contribution is -0.122. The zero-order valence-corrected chi connectivity index (χ0v) is 18.4. The van der Waals surface area contributed by atoms with E-state index < -0.39 is 23.4 Å². The van der Waals surface area contributed by atoms with E-state index in [1.54, 1.807) is 36.1 Å². The fraction of sp³-hybridized carbons (Fsp3) is 0.320. The summed E-state index contributed by atoms with van der Waals surface area (Å²) in [4.78, 5) is 42.3. The summed E-state index contributed by atoms with van der Waals surface area (Å²) in [6.07, 6.45) is 2.03. The minimum absolute atomic E-state index is 0.311. The van der Waals surface area contributed by atoms with E-state index in [1.807, 2.05) is 52.0 Å². The Morgan fingerprint density at radius 3 is 2.23 bits per heavy atom. The summed E-state index contributed by atoms with van der Waals surface area (Å²) in [6, 6.07) is 11.4. The van der Waals surface area contributed by atoms with Crippen molar-refractivity contribution in [3.8, 4) is 5.75 Å². The third-order valence-electron chi connectivity index (χ3n) is 5.88. The topological polar surface area (TPSA) is 66.9 Å². The maximum absolute atomic E-state index is 13.7. The summed E-state index contributed by atoms with van der Waals surface area (Å²) in [5.41, 5.74) is 2.72. The van der Waals surface area contributed by atoms with Crippen molar-refractivity contribution in [1.82, 2.24) is 4.90 Å². The molecule has 0 aromatic heterocycles. The molecule has 0 N–H and O–H groups in total. The molecule has 4 rings (SSSR count). The first-order valence-electron chi connectivity index (χ1n) is 10.4. The van der Waals surface area contributed by atoms with Crippen LogP contribution in [0, 0.1) is 0 Å². The molecule has 2 aliphatic heterocycles.